The first kappa shape index (κ1) is 14.8. The number of thiophene rings is 1. The molecule has 0 aliphatic carbocycles. The van der Waals surface area contributed by atoms with Crippen molar-refractivity contribution >= 4 is 32.0 Å². The van der Waals surface area contributed by atoms with Crippen LogP contribution in [-0.4, -0.2) is 30.7 Å². The third-order valence-electron chi connectivity index (χ3n) is 2.32. The highest BCUT2D eigenvalue weighted by atomic mass is 32.2. The van der Waals surface area contributed by atoms with Gasteiger partial charge < -0.3 is 5.43 Å². The summed E-state index contributed by atoms with van der Waals surface area (Å²) in [7, 11) is -3.69. The van der Waals surface area contributed by atoms with E-state index in [1.54, 1.807) is 13.8 Å². The van der Waals surface area contributed by atoms with Crippen LogP contribution in [0.2, 0.25) is 0 Å². The maximum absolute atomic E-state index is 12.1. The second-order valence-corrected chi connectivity index (χ2v) is 6.49. The molecule has 0 bridgehead atoms. The Labute approximate surface area is 109 Å². The lowest BCUT2D eigenvalue weighted by atomic mass is 10.5. The van der Waals surface area contributed by atoms with E-state index in [9.17, 15) is 18.5 Å². The average molecular weight is 294 g/mol. The van der Waals surface area contributed by atoms with Gasteiger partial charge in [-0.3, -0.25) is 10.1 Å². The Balaban J connectivity index is 3.30. The van der Waals surface area contributed by atoms with Crippen molar-refractivity contribution in [2.75, 3.05) is 18.5 Å². The molecule has 1 aromatic heterocycles. The number of anilines is 1. The largest absolute Gasteiger partial charge is 0.310 e. The van der Waals surface area contributed by atoms with Crippen molar-refractivity contribution < 1.29 is 13.3 Å². The Hall–Kier alpha value is -1.23. The summed E-state index contributed by atoms with van der Waals surface area (Å²) >= 11 is 0.746. The van der Waals surface area contributed by atoms with Gasteiger partial charge in [0.15, 0.2) is 5.00 Å². The summed E-state index contributed by atoms with van der Waals surface area (Å²) in [5, 5.41) is 10.8. The number of nitrogens with zero attached hydrogens (tertiary/aromatic N) is 2. The van der Waals surface area contributed by atoms with Gasteiger partial charge in [-0.05, 0) is 0 Å². The normalized spacial score (nSPS) is 11.8. The molecule has 0 amide bonds. The third-order valence-corrected chi connectivity index (χ3v) is 5.87. The minimum absolute atomic E-state index is 0.0192. The van der Waals surface area contributed by atoms with Crippen molar-refractivity contribution in [3.8, 4) is 0 Å². The van der Waals surface area contributed by atoms with E-state index in [4.69, 9.17) is 5.84 Å². The molecule has 0 aromatic carbocycles. The molecule has 0 aliphatic heterocycles. The van der Waals surface area contributed by atoms with Crippen molar-refractivity contribution in [2.24, 2.45) is 5.84 Å². The van der Waals surface area contributed by atoms with Crippen LogP contribution in [0.4, 0.5) is 10.7 Å². The second kappa shape index (κ2) is 5.61. The van der Waals surface area contributed by atoms with E-state index in [0.29, 0.717) is 13.1 Å². The minimum Gasteiger partial charge on any atom is -0.310 e. The number of nitrogen functional groups attached to an aromatic ring is 1. The first-order valence-corrected chi connectivity index (χ1v) is 7.39. The summed E-state index contributed by atoms with van der Waals surface area (Å²) in [5.41, 5.74) is 1.80. The maximum atomic E-state index is 12.1. The van der Waals surface area contributed by atoms with E-state index in [1.165, 1.54) is 4.31 Å². The van der Waals surface area contributed by atoms with Crippen molar-refractivity contribution in [3.63, 3.8) is 0 Å². The first-order valence-electron chi connectivity index (χ1n) is 5.13. The van der Waals surface area contributed by atoms with E-state index in [-0.39, 0.29) is 14.9 Å². The molecule has 0 radical (unpaired) electrons. The number of nitrogens with one attached hydrogen (secondary N) is 1. The standard InChI is InChI=1S/C8H14N4O4S2/c1-3-11(4-2)18(15,16)7-5-6(12(13)14)8(10-9)17-7/h5,10H,3-4,9H2,1-2H3. The summed E-state index contributed by atoms with van der Waals surface area (Å²) in [4.78, 5) is 10.1. The van der Waals surface area contributed by atoms with Crippen LogP contribution in [0.1, 0.15) is 13.8 Å². The molecular formula is C8H14N4O4S2. The highest BCUT2D eigenvalue weighted by Gasteiger charge is 2.29. The zero-order valence-electron chi connectivity index (χ0n) is 9.91. The topological polar surface area (TPSA) is 119 Å². The summed E-state index contributed by atoms with van der Waals surface area (Å²) in [6, 6.07) is 1.02. The number of nitrogens with two attached hydrogens (primary N) is 1. The number of rotatable bonds is 6. The van der Waals surface area contributed by atoms with Crippen LogP contribution in [0, 0.1) is 10.1 Å². The van der Waals surface area contributed by atoms with Gasteiger partial charge in [-0.2, -0.15) is 4.31 Å². The van der Waals surface area contributed by atoms with Gasteiger partial charge in [-0.15, -0.1) is 0 Å². The predicted octanol–water partition coefficient (Wildman–Crippen LogP) is 0.972. The van der Waals surface area contributed by atoms with Gasteiger partial charge in [0.2, 0.25) is 0 Å². The lowest BCUT2D eigenvalue weighted by molar-refractivity contribution is -0.383. The molecule has 0 aliphatic rings. The van der Waals surface area contributed by atoms with Crippen LogP contribution in [0.25, 0.3) is 0 Å². The van der Waals surface area contributed by atoms with Gasteiger partial charge in [0.25, 0.3) is 10.0 Å². The lowest BCUT2D eigenvalue weighted by Crippen LogP contribution is -2.29. The predicted molar refractivity (Wildman–Crippen MR) is 68.9 cm³/mol. The Bertz CT molecular complexity index is 535. The highest BCUT2D eigenvalue weighted by Crippen LogP contribution is 2.37. The van der Waals surface area contributed by atoms with Gasteiger partial charge in [-0.1, -0.05) is 25.2 Å². The number of hydrogen-bond acceptors (Lipinski definition) is 7. The first-order chi connectivity index (χ1) is 8.38. The molecule has 18 heavy (non-hydrogen) atoms. The Morgan fingerprint density at radius 2 is 2.06 bits per heavy atom. The van der Waals surface area contributed by atoms with Crippen LogP contribution < -0.4 is 11.3 Å². The zero-order chi connectivity index (χ0) is 13.9. The van der Waals surface area contributed by atoms with Crippen LogP contribution in [0.3, 0.4) is 0 Å². The molecule has 1 aromatic rings. The van der Waals surface area contributed by atoms with E-state index in [1.807, 2.05) is 0 Å². The number of hydrazine groups is 1. The van der Waals surface area contributed by atoms with Crippen molar-refractivity contribution in [3.05, 3.63) is 16.2 Å². The van der Waals surface area contributed by atoms with Crippen LogP contribution >= 0.6 is 11.3 Å². The summed E-state index contributed by atoms with van der Waals surface area (Å²) in [6.45, 7) is 4.00. The SMILES string of the molecule is CCN(CC)S(=O)(=O)c1cc([N+](=O)[O-])c(NN)s1. The highest BCUT2D eigenvalue weighted by molar-refractivity contribution is 7.91. The molecule has 0 fully saturated rings. The summed E-state index contributed by atoms with van der Waals surface area (Å²) < 4.78 is 25.4. The minimum atomic E-state index is -3.69. The maximum Gasteiger partial charge on any atom is 0.306 e. The molecule has 0 atom stereocenters. The van der Waals surface area contributed by atoms with Gasteiger partial charge in [0.1, 0.15) is 4.21 Å². The average Bonchev–Trinajstić information content (AvgIpc) is 2.74. The van der Waals surface area contributed by atoms with Crippen LogP contribution in [0.5, 0.6) is 0 Å². The number of nitro groups is 1. The molecule has 8 nitrogen and oxygen atoms in total. The fourth-order valence-corrected chi connectivity index (χ4v) is 4.27. The zero-order valence-corrected chi connectivity index (χ0v) is 11.5. The molecule has 10 heteroatoms. The lowest BCUT2D eigenvalue weighted by Gasteiger charge is -2.16. The molecule has 3 N–H and O–H groups in total. The molecule has 1 heterocycles. The monoisotopic (exact) mass is 294 g/mol. The molecule has 102 valence electrons. The quantitative estimate of drug-likeness (QED) is 0.458. The van der Waals surface area contributed by atoms with Crippen LogP contribution in [0.15, 0.2) is 10.3 Å². The molecule has 0 saturated carbocycles. The van der Waals surface area contributed by atoms with Gasteiger partial charge in [0, 0.05) is 19.2 Å². The summed E-state index contributed by atoms with van der Waals surface area (Å²) in [5.74, 6) is 5.13. The number of hydrogen-bond donors (Lipinski definition) is 2. The fraction of sp³-hybridized carbons (Fsp3) is 0.500. The Morgan fingerprint density at radius 1 is 1.50 bits per heavy atom. The fourth-order valence-electron chi connectivity index (χ4n) is 1.42. The van der Waals surface area contributed by atoms with Gasteiger partial charge in [0.05, 0.1) is 4.92 Å². The molecule has 0 unspecified atom stereocenters. The van der Waals surface area contributed by atoms with E-state index < -0.39 is 14.9 Å². The second-order valence-electron chi connectivity index (χ2n) is 3.27. The molecule has 0 saturated heterocycles. The Kier molecular flexibility index (Phi) is 4.62. The smallest absolute Gasteiger partial charge is 0.306 e. The van der Waals surface area contributed by atoms with Crippen molar-refractivity contribution in [1.29, 1.82) is 0 Å². The van der Waals surface area contributed by atoms with Gasteiger partial charge >= 0.3 is 5.69 Å². The van der Waals surface area contributed by atoms with E-state index >= 15 is 0 Å². The third kappa shape index (κ3) is 2.61. The molecular weight excluding hydrogens is 280 g/mol. The molecule has 1 rings (SSSR count). The van der Waals surface area contributed by atoms with Crippen molar-refractivity contribution in [2.45, 2.75) is 18.1 Å². The van der Waals surface area contributed by atoms with Crippen LogP contribution in [-0.2, 0) is 10.0 Å². The van der Waals surface area contributed by atoms with E-state index in [0.717, 1.165) is 17.4 Å². The summed E-state index contributed by atoms with van der Waals surface area (Å²) in [6.07, 6.45) is 0. The van der Waals surface area contributed by atoms with Gasteiger partial charge in [-0.25, -0.2) is 14.3 Å². The number of sulfonamides is 1. The van der Waals surface area contributed by atoms with E-state index in [2.05, 4.69) is 5.43 Å². The Morgan fingerprint density at radius 3 is 2.39 bits per heavy atom. The molecule has 0 spiro atoms. The van der Waals surface area contributed by atoms with Crippen molar-refractivity contribution in [1.82, 2.24) is 4.31 Å².